The van der Waals surface area contributed by atoms with Gasteiger partial charge in [0.1, 0.15) is 24.6 Å². The highest BCUT2D eigenvalue weighted by atomic mass is 19.1. The molecule has 2 unspecified atom stereocenters. The number of esters is 2. The number of hydrogen-bond donors (Lipinski definition) is 0. The van der Waals surface area contributed by atoms with Gasteiger partial charge in [0.15, 0.2) is 11.5 Å². The van der Waals surface area contributed by atoms with Gasteiger partial charge in [-0.3, -0.25) is 4.79 Å². The van der Waals surface area contributed by atoms with Crippen LogP contribution in [-0.4, -0.2) is 51.9 Å². The van der Waals surface area contributed by atoms with E-state index in [1.54, 1.807) is 26.0 Å². The van der Waals surface area contributed by atoms with Crippen molar-refractivity contribution in [2.45, 2.75) is 97.4 Å². The van der Waals surface area contributed by atoms with Crippen molar-refractivity contribution in [3.05, 3.63) is 77.2 Å². The van der Waals surface area contributed by atoms with Gasteiger partial charge >= 0.3 is 11.9 Å². The second-order valence-electron chi connectivity index (χ2n) is 12.4. The van der Waals surface area contributed by atoms with Crippen LogP contribution in [0.4, 0.5) is 4.39 Å². The van der Waals surface area contributed by atoms with Gasteiger partial charge in [-0.15, -0.1) is 0 Å². The smallest absolute Gasteiger partial charge is 0.359 e. The molecule has 0 N–H and O–H groups in total. The maximum absolute atomic E-state index is 13.8. The number of hydrogen-bond acceptors (Lipinski definition) is 8. The third-order valence-electron chi connectivity index (χ3n) is 6.58. The van der Waals surface area contributed by atoms with Crippen LogP contribution in [0.25, 0.3) is 5.69 Å². The molecule has 2 atom stereocenters. The van der Waals surface area contributed by atoms with Crippen molar-refractivity contribution in [1.29, 1.82) is 0 Å². The molecule has 0 radical (unpaired) electrons. The van der Waals surface area contributed by atoms with Gasteiger partial charge in [0.2, 0.25) is 5.88 Å². The van der Waals surface area contributed by atoms with Crippen LogP contribution in [0.5, 0.6) is 5.88 Å². The summed E-state index contributed by atoms with van der Waals surface area (Å²) in [5.74, 6) is -2.17. The quantitative estimate of drug-likeness (QED) is 0.244. The van der Waals surface area contributed by atoms with E-state index in [0.717, 1.165) is 5.56 Å². The summed E-state index contributed by atoms with van der Waals surface area (Å²) in [7, 11) is 0. The predicted molar refractivity (Wildman–Crippen MR) is 158 cm³/mol. The molecule has 0 amide bonds. The average Bonchev–Trinajstić information content (AvgIpc) is 3.29. The minimum atomic E-state index is -0.969. The van der Waals surface area contributed by atoms with Crippen molar-refractivity contribution in [3.8, 4) is 11.6 Å². The van der Waals surface area contributed by atoms with Crippen LogP contribution in [0.1, 0.15) is 88.8 Å². The van der Waals surface area contributed by atoms with Crippen LogP contribution in [0, 0.1) is 5.82 Å². The zero-order chi connectivity index (χ0) is 31.4. The van der Waals surface area contributed by atoms with E-state index in [1.165, 1.54) is 16.8 Å². The van der Waals surface area contributed by atoms with Crippen LogP contribution >= 0.6 is 0 Å². The van der Waals surface area contributed by atoms with Crippen molar-refractivity contribution in [2.24, 2.45) is 0 Å². The van der Waals surface area contributed by atoms with Gasteiger partial charge in [0.25, 0.3) is 0 Å². The number of benzene rings is 2. The molecule has 1 aromatic heterocycles. The van der Waals surface area contributed by atoms with E-state index < -0.39 is 35.4 Å². The SMILES string of the molecule is CC(C)c1c(C(=O)OCc2ccccc2)nn(-c2ccc(F)cc2)c1OCC1CC(CC(=O)OC(C)(C)C)OC(C)(C)O1. The Labute approximate surface area is 252 Å². The van der Waals surface area contributed by atoms with Crippen LogP contribution in [0.15, 0.2) is 54.6 Å². The van der Waals surface area contributed by atoms with Gasteiger partial charge in [-0.1, -0.05) is 44.2 Å². The highest BCUT2D eigenvalue weighted by Gasteiger charge is 2.38. The van der Waals surface area contributed by atoms with Crippen molar-refractivity contribution in [3.63, 3.8) is 0 Å². The number of ether oxygens (including phenoxy) is 5. The Bertz CT molecular complexity index is 1400. The molecule has 2 heterocycles. The Balaban J connectivity index is 1.59. The molecule has 4 rings (SSSR count). The van der Waals surface area contributed by atoms with E-state index >= 15 is 0 Å². The number of nitrogens with zero attached hydrogens (tertiary/aromatic N) is 2. The first-order valence-corrected chi connectivity index (χ1v) is 14.5. The zero-order valence-electron chi connectivity index (χ0n) is 25.9. The molecule has 9 nitrogen and oxygen atoms in total. The van der Waals surface area contributed by atoms with E-state index in [-0.39, 0.29) is 37.2 Å². The first-order valence-electron chi connectivity index (χ1n) is 14.5. The molecule has 1 aliphatic rings. The molecule has 2 aromatic carbocycles. The van der Waals surface area contributed by atoms with E-state index in [9.17, 15) is 14.0 Å². The Hall–Kier alpha value is -3.76. The highest BCUT2D eigenvalue weighted by Crippen LogP contribution is 2.35. The highest BCUT2D eigenvalue weighted by molar-refractivity contribution is 5.90. The van der Waals surface area contributed by atoms with E-state index in [1.807, 2.05) is 65.0 Å². The van der Waals surface area contributed by atoms with Crippen LogP contribution in [-0.2, 0) is 30.3 Å². The van der Waals surface area contributed by atoms with Gasteiger partial charge in [0, 0.05) is 6.42 Å². The fourth-order valence-corrected chi connectivity index (χ4v) is 4.96. The van der Waals surface area contributed by atoms with Crippen molar-refractivity contribution < 1.29 is 37.7 Å². The van der Waals surface area contributed by atoms with Gasteiger partial charge in [-0.2, -0.15) is 9.78 Å². The molecule has 1 aliphatic heterocycles. The Kier molecular flexibility index (Phi) is 9.92. The minimum Gasteiger partial charge on any atom is -0.475 e. The summed E-state index contributed by atoms with van der Waals surface area (Å²) in [6.07, 6.45) is -0.428. The van der Waals surface area contributed by atoms with Gasteiger partial charge in [-0.05, 0) is 70.4 Å². The molecule has 0 aliphatic carbocycles. The van der Waals surface area contributed by atoms with Crippen LogP contribution in [0.3, 0.4) is 0 Å². The van der Waals surface area contributed by atoms with Crippen LogP contribution in [0.2, 0.25) is 0 Å². The molecule has 43 heavy (non-hydrogen) atoms. The molecule has 3 aromatic rings. The molecule has 10 heteroatoms. The number of aromatic nitrogens is 2. The minimum absolute atomic E-state index is 0.0721. The molecule has 232 valence electrons. The van der Waals surface area contributed by atoms with E-state index in [2.05, 4.69) is 5.10 Å². The molecule has 1 saturated heterocycles. The standard InChI is InChI=1S/C33H41FN2O7/c1-21(2)28-29(31(38)40-19-22-11-9-8-10-12-22)35-36(24-15-13-23(34)14-16-24)30(28)39-20-26-17-25(41-33(6,7)42-26)18-27(37)43-32(3,4)5/h8-16,21,25-26H,17-20H2,1-7H3. The Morgan fingerprint density at radius 2 is 1.70 bits per heavy atom. The lowest BCUT2D eigenvalue weighted by atomic mass is 10.0. The largest absolute Gasteiger partial charge is 0.475 e. The zero-order valence-corrected chi connectivity index (χ0v) is 25.9. The van der Waals surface area contributed by atoms with Crippen LogP contribution < -0.4 is 4.74 Å². The third kappa shape index (κ3) is 8.87. The number of carbonyl (C=O) groups is 2. The summed E-state index contributed by atoms with van der Waals surface area (Å²) < 4.78 is 44.9. The molecule has 0 bridgehead atoms. The fraction of sp³-hybridized carbons (Fsp3) is 0.485. The monoisotopic (exact) mass is 596 g/mol. The fourth-order valence-electron chi connectivity index (χ4n) is 4.96. The Morgan fingerprint density at radius 3 is 2.33 bits per heavy atom. The normalized spacial score (nSPS) is 18.3. The summed E-state index contributed by atoms with van der Waals surface area (Å²) in [5, 5.41) is 4.59. The lowest BCUT2D eigenvalue weighted by Crippen LogP contribution is -2.47. The molecule has 0 saturated carbocycles. The predicted octanol–water partition coefficient (Wildman–Crippen LogP) is 6.51. The molecule has 1 fully saturated rings. The van der Waals surface area contributed by atoms with Gasteiger partial charge in [0.05, 0.1) is 29.9 Å². The summed E-state index contributed by atoms with van der Waals surface area (Å²) in [6.45, 7) is 13.0. The van der Waals surface area contributed by atoms with Crippen molar-refractivity contribution in [1.82, 2.24) is 9.78 Å². The summed E-state index contributed by atoms with van der Waals surface area (Å²) in [6, 6.07) is 15.1. The average molecular weight is 597 g/mol. The summed E-state index contributed by atoms with van der Waals surface area (Å²) >= 11 is 0. The van der Waals surface area contributed by atoms with E-state index in [0.29, 0.717) is 23.6 Å². The second-order valence-corrected chi connectivity index (χ2v) is 12.4. The van der Waals surface area contributed by atoms with Gasteiger partial charge < -0.3 is 23.7 Å². The topological polar surface area (TPSA) is 98.1 Å². The van der Waals surface area contributed by atoms with E-state index in [4.69, 9.17) is 23.7 Å². The second kappa shape index (κ2) is 13.3. The van der Waals surface area contributed by atoms with Gasteiger partial charge in [-0.25, -0.2) is 9.18 Å². The first-order chi connectivity index (χ1) is 20.2. The lowest BCUT2D eigenvalue weighted by molar-refractivity contribution is -0.303. The Morgan fingerprint density at radius 1 is 1.05 bits per heavy atom. The van der Waals surface area contributed by atoms with Crippen molar-refractivity contribution in [2.75, 3.05) is 6.61 Å². The summed E-state index contributed by atoms with van der Waals surface area (Å²) in [4.78, 5) is 25.9. The lowest BCUT2D eigenvalue weighted by Gasteiger charge is -2.40. The van der Waals surface area contributed by atoms with Crippen molar-refractivity contribution >= 4 is 11.9 Å². The maximum Gasteiger partial charge on any atom is 0.359 e. The molecular formula is C33H41FN2O7. The first kappa shape index (κ1) is 32.2. The number of carbonyl (C=O) groups excluding carboxylic acids is 2. The molecule has 0 spiro atoms. The number of rotatable bonds is 10. The third-order valence-corrected chi connectivity index (χ3v) is 6.58. The summed E-state index contributed by atoms with van der Waals surface area (Å²) in [5.41, 5.74) is 1.42. The molecular weight excluding hydrogens is 555 g/mol. The number of halogens is 1. The maximum atomic E-state index is 13.8.